The van der Waals surface area contributed by atoms with E-state index in [1.807, 2.05) is 50.4 Å². The van der Waals surface area contributed by atoms with E-state index in [2.05, 4.69) is 10.3 Å². The molecule has 0 atom stereocenters. The lowest BCUT2D eigenvalue weighted by molar-refractivity contribution is 0.267. The molecule has 0 fully saturated rings. The third-order valence-electron chi connectivity index (χ3n) is 3.39. The van der Waals surface area contributed by atoms with Crippen LogP contribution in [0.1, 0.15) is 17.1 Å². The first-order valence-electron chi connectivity index (χ1n) is 6.96. The summed E-state index contributed by atoms with van der Waals surface area (Å²) in [7, 11) is 1.92. The van der Waals surface area contributed by atoms with E-state index in [9.17, 15) is 0 Å². The lowest BCUT2D eigenvalue weighted by Crippen LogP contribution is -2.04. The van der Waals surface area contributed by atoms with Gasteiger partial charge in [-0.2, -0.15) is 0 Å². The number of fused-ring (bicyclic) bond motifs is 1. The number of benzene rings is 1. The molecule has 0 radical (unpaired) electrons. The molecule has 0 unspecified atom stereocenters. The molecule has 0 spiro atoms. The van der Waals surface area contributed by atoms with Crippen molar-refractivity contribution in [3.05, 3.63) is 59.7 Å². The molecule has 3 rings (SSSR count). The molecule has 4 nitrogen and oxygen atoms in total. The second-order valence-electron chi connectivity index (χ2n) is 4.98. The summed E-state index contributed by atoms with van der Waals surface area (Å²) < 4.78 is 11.5. The molecule has 0 amide bonds. The summed E-state index contributed by atoms with van der Waals surface area (Å²) >= 11 is 0. The minimum absolute atomic E-state index is 0.407. The summed E-state index contributed by atoms with van der Waals surface area (Å²) in [5.74, 6) is 2.50. The molecule has 0 bridgehead atoms. The normalized spacial score (nSPS) is 11.0. The van der Waals surface area contributed by atoms with Crippen molar-refractivity contribution in [2.75, 3.05) is 7.05 Å². The molecule has 2 heterocycles. The van der Waals surface area contributed by atoms with Gasteiger partial charge in [0.25, 0.3) is 0 Å². The van der Waals surface area contributed by atoms with Crippen molar-refractivity contribution in [2.45, 2.75) is 20.1 Å². The lowest BCUT2D eigenvalue weighted by Gasteiger charge is -2.05. The summed E-state index contributed by atoms with van der Waals surface area (Å²) in [6.07, 6.45) is 1.74. The van der Waals surface area contributed by atoms with Crippen LogP contribution in [0.3, 0.4) is 0 Å². The first-order valence-corrected chi connectivity index (χ1v) is 6.96. The van der Waals surface area contributed by atoms with Crippen LogP contribution < -0.4 is 10.1 Å². The third-order valence-corrected chi connectivity index (χ3v) is 3.39. The van der Waals surface area contributed by atoms with E-state index in [1.54, 1.807) is 6.20 Å². The number of hydrogen-bond donors (Lipinski definition) is 1. The quantitative estimate of drug-likeness (QED) is 0.778. The Morgan fingerprint density at radius 3 is 2.95 bits per heavy atom. The maximum Gasteiger partial charge on any atom is 0.146 e. The maximum absolute atomic E-state index is 5.77. The highest BCUT2D eigenvalue weighted by atomic mass is 16.5. The average Bonchev–Trinajstić information content (AvgIpc) is 2.86. The number of para-hydroxylation sites is 1. The van der Waals surface area contributed by atoms with Gasteiger partial charge in [0.15, 0.2) is 0 Å². The zero-order chi connectivity index (χ0) is 14.7. The number of nitrogens with one attached hydrogen (secondary N) is 1. The molecule has 3 aromatic rings. The Balaban J connectivity index is 1.72. The van der Waals surface area contributed by atoms with Crippen molar-refractivity contribution in [3.8, 4) is 5.75 Å². The van der Waals surface area contributed by atoms with Gasteiger partial charge in [0.1, 0.15) is 23.9 Å². The SMILES string of the molecule is CNCc1cc(COc2cnc3ccccc3c2)oc1C. The first-order chi connectivity index (χ1) is 10.3. The second-order valence-corrected chi connectivity index (χ2v) is 4.98. The summed E-state index contributed by atoms with van der Waals surface area (Å²) in [6.45, 7) is 3.17. The molecule has 108 valence electrons. The Bertz CT molecular complexity index is 749. The highest BCUT2D eigenvalue weighted by Gasteiger charge is 2.07. The number of ether oxygens (including phenoxy) is 1. The van der Waals surface area contributed by atoms with Gasteiger partial charge in [-0.1, -0.05) is 18.2 Å². The highest BCUT2D eigenvalue weighted by molar-refractivity contribution is 5.79. The van der Waals surface area contributed by atoms with Crippen molar-refractivity contribution in [3.63, 3.8) is 0 Å². The summed E-state index contributed by atoms with van der Waals surface area (Å²) in [5, 5.41) is 4.19. The Morgan fingerprint density at radius 1 is 1.24 bits per heavy atom. The Labute approximate surface area is 123 Å². The van der Waals surface area contributed by atoms with Crippen molar-refractivity contribution in [1.82, 2.24) is 10.3 Å². The molecule has 0 aliphatic heterocycles. The van der Waals surface area contributed by atoms with Crippen LogP contribution in [0.4, 0.5) is 0 Å². The van der Waals surface area contributed by atoms with Gasteiger partial charge in [-0.25, -0.2) is 0 Å². The summed E-state index contributed by atoms with van der Waals surface area (Å²) in [4.78, 5) is 4.38. The van der Waals surface area contributed by atoms with Crippen LogP contribution in [0.25, 0.3) is 10.9 Å². The van der Waals surface area contributed by atoms with Crippen molar-refractivity contribution in [2.24, 2.45) is 0 Å². The van der Waals surface area contributed by atoms with Gasteiger partial charge in [0.2, 0.25) is 0 Å². The van der Waals surface area contributed by atoms with Crippen molar-refractivity contribution < 1.29 is 9.15 Å². The standard InChI is InChI=1S/C17H18N2O2/c1-12-14(9-18-2)8-16(21-12)11-20-15-7-13-5-3-4-6-17(13)19-10-15/h3-8,10,18H,9,11H2,1-2H3. The predicted octanol–water partition coefficient (Wildman–Crippen LogP) is 3.43. The zero-order valence-corrected chi connectivity index (χ0v) is 12.2. The Morgan fingerprint density at radius 2 is 2.10 bits per heavy atom. The fourth-order valence-corrected chi connectivity index (χ4v) is 2.31. The molecule has 0 aliphatic rings. The molecular formula is C17H18N2O2. The molecule has 1 N–H and O–H groups in total. The van der Waals surface area contributed by atoms with Gasteiger partial charge in [-0.05, 0) is 32.2 Å². The van der Waals surface area contributed by atoms with Gasteiger partial charge in [-0.3, -0.25) is 4.98 Å². The summed E-state index contributed by atoms with van der Waals surface area (Å²) in [6, 6.07) is 12.0. The lowest BCUT2D eigenvalue weighted by atomic mass is 10.2. The molecule has 2 aromatic heterocycles. The molecule has 1 aromatic carbocycles. The minimum atomic E-state index is 0.407. The van der Waals surface area contributed by atoms with Crippen LogP contribution in [0.15, 0.2) is 47.0 Å². The van der Waals surface area contributed by atoms with Gasteiger partial charge in [0, 0.05) is 17.5 Å². The Hall–Kier alpha value is -2.33. The third kappa shape index (κ3) is 3.06. The fourth-order valence-electron chi connectivity index (χ4n) is 2.31. The molecule has 0 saturated heterocycles. The van der Waals surface area contributed by atoms with Crippen LogP contribution in [-0.2, 0) is 13.2 Å². The van der Waals surface area contributed by atoms with E-state index >= 15 is 0 Å². The van der Waals surface area contributed by atoms with Gasteiger partial charge in [-0.15, -0.1) is 0 Å². The monoisotopic (exact) mass is 282 g/mol. The number of rotatable bonds is 5. The van der Waals surface area contributed by atoms with Crippen LogP contribution >= 0.6 is 0 Å². The number of furan rings is 1. The number of hydrogen-bond acceptors (Lipinski definition) is 4. The van der Waals surface area contributed by atoms with Crippen molar-refractivity contribution in [1.29, 1.82) is 0 Å². The van der Waals surface area contributed by atoms with Crippen LogP contribution in [0.2, 0.25) is 0 Å². The van der Waals surface area contributed by atoms with Gasteiger partial charge in [0.05, 0.1) is 11.7 Å². The first kappa shape index (κ1) is 13.6. The number of pyridine rings is 1. The highest BCUT2D eigenvalue weighted by Crippen LogP contribution is 2.20. The predicted molar refractivity (Wildman–Crippen MR) is 82.3 cm³/mol. The fraction of sp³-hybridized carbons (Fsp3) is 0.235. The van der Waals surface area contributed by atoms with E-state index in [4.69, 9.17) is 9.15 Å². The maximum atomic E-state index is 5.77. The number of nitrogens with zero attached hydrogens (tertiary/aromatic N) is 1. The van der Waals surface area contributed by atoms with E-state index in [-0.39, 0.29) is 0 Å². The smallest absolute Gasteiger partial charge is 0.146 e. The number of aromatic nitrogens is 1. The van der Waals surface area contributed by atoms with E-state index in [1.165, 1.54) is 0 Å². The van der Waals surface area contributed by atoms with Crippen LogP contribution in [0.5, 0.6) is 5.75 Å². The number of aryl methyl sites for hydroxylation is 1. The van der Waals surface area contributed by atoms with Crippen molar-refractivity contribution >= 4 is 10.9 Å². The van der Waals surface area contributed by atoms with Crippen LogP contribution in [0, 0.1) is 6.92 Å². The zero-order valence-electron chi connectivity index (χ0n) is 12.2. The van der Waals surface area contributed by atoms with E-state index in [0.717, 1.165) is 40.3 Å². The van der Waals surface area contributed by atoms with Gasteiger partial charge >= 0.3 is 0 Å². The molecule has 21 heavy (non-hydrogen) atoms. The summed E-state index contributed by atoms with van der Waals surface area (Å²) in [5.41, 5.74) is 2.13. The topological polar surface area (TPSA) is 47.3 Å². The second kappa shape index (κ2) is 5.97. The molecule has 0 saturated carbocycles. The average molecular weight is 282 g/mol. The van der Waals surface area contributed by atoms with Gasteiger partial charge < -0.3 is 14.5 Å². The Kier molecular flexibility index (Phi) is 3.88. The molecular weight excluding hydrogens is 264 g/mol. The largest absolute Gasteiger partial charge is 0.484 e. The molecule has 0 aliphatic carbocycles. The van der Waals surface area contributed by atoms with Crippen LogP contribution in [-0.4, -0.2) is 12.0 Å². The molecule has 4 heteroatoms. The van der Waals surface area contributed by atoms with E-state index in [0.29, 0.717) is 6.61 Å². The van der Waals surface area contributed by atoms with E-state index < -0.39 is 0 Å². The minimum Gasteiger partial charge on any atom is -0.484 e.